The van der Waals surface area contributed by atoms with E-state index in [9.17, 15) is 4.79 Å². The molecule has 27 heavy (non-hydrogen) atoms. The Hall–Kier alpha value is -2.67. The molecule has 0 radical (unpaired) electrons. The SMILES string of the molecule is COc1ccc(Oc2nccnc2C2CCN(CC(=O)N(C)C)CC2)cc1. The minimum atomic E-state index is 0.136. The Morgan fingerprint density at radius 1 is 1.11 bits per heavy atom. The number of hydrogen-bond donors (Lipinski definition) is 0. The minimum absolute atomic E-state index is 0.136. The molecule has 1 fully saturated rings. The van der Waals surface area contributed by atoms with Gasteiger partial charge in [0.25, 0.3) is 0 Å². The zero-order valence-electron chi connectivity index (χ0n) is 16.1. The Labute approximate surface area is 159 Å². The molecule has 1 saturated heterocycles. The summed E-state index contributed by atoms with van der Waals surface area (Å²) in [5, 5.41) is 0. The number of likely N-dealkylation sites (N-methyl/N-ethyl adjacent to an activating group) is 1. The summed E-state index contributed by atoms with van der Waals surface area (Å²) in [7, 11) is 5.21. The average Bonchev–Trinajstić information content (AvgIpc) is 2.69. The Bertz CT molecular complexity index is 756. The van der Waals surface area contributed by atoms with Crippen LogP contribution in [0.15, 0.2) is 36.7 Å². The van der Waals surface area contributed by atoms with Gasteiger partial charge < -0.3 is 14.4 Å². The van der Waals surface area contributed by atoms with Crippen molar-refractivity contribution in [1.82, 2.24) is 19.8 Å². The standard InChI is InChI=1S/C20H26N4O3/c1-23(2)18(25)14-24-12-8-15(9-13-24)19-20(22-11-10-21-19)27-17-6-4-16(26-3)5-7-17/h4-7,10-11,15H,8-9,12-14H2,1-3H3. The number of amides is 1. The largest absolute Gasteiger partial charge is 0.497 e. The van der Waals surface area contributed by atoms with E-state index in [2.05, 4.69) is 14.9 Å². The summed E-state index contributed by atoms with van der Waals surface area (Å²) in [5.41, 5.74) is 0.881. The van der Waals surface area contributed by atoms with Gasteiger partial charge >= 0.3 is 0 Å². The molecule has 1 aromatic carbocycles. The lowest BCUT2D eigenvalue weighted by Crippen LogP contribution is -2.40. The summed E-state index contributed by atoms with van der Waals surface area (Å²) >= 11 is 0. The van der Waals surface area contributed by atoms with E-state index in [1.165, 1.54) is 0 Å². The smallest absolute Gasteiger partial charge is 0.241 e. The van der Waals surface area contributed by atoms with E-state index in [4.69, 9.17) is 9.47 Å². The molecule has 144 valence electrons. The number of benzene rings is 1. The second-order valence-corrected chi connectivity index (χ2v) is 6.86. The maximum absolute atomic E-state index is 11.9. The number of methoxy groups -OCH3 is 1. The highest BCUT2D eigenvalue weighted by atomic mass is 16.5. The molecule has 0 atom stereocenters. The van der Waals surface area contributed by atoms with E-state index in [0.717, 1.165) is 37.4 Å². The van der Waals surface area contributed by atoms with Gasteiger partial charge in [0.2, 0.25) is 11.8 Å². The lowest BCUT2D eigenvalue weighted by molar-refractivity contribution is -0.130. The summed E-state index contributed by atoms with van der Waals surface area (Å²) in [6, 6.07) is 7.41. The van der Waals surface area contributed by atoms with E-state index in [-0.39, 0.29) is 11.8 Å². The number of likely N-dealkylation sites (tertiary alicyclic amines) is 1. The quantitative estimate of drug-likeness (QED) is 0.778. The van der Waals surface area contributed by atoms with Crippen LogP contribution in [0.4, 0.5) is 0 Å². The number of aromatic nitrogens is 2. The van der Waals surface area contributed by atoms with E-state index in [1.54, 1.807) is 38.5 Å². The summed E-state index contributed by atoms with van der Waals surface area (Å²) in [4.78, 5) is 24.7. The van der Waals surface area contributed by atoms with E-state index >= 15 is 0 Å². The molecule has 1 aliphatic rings. The van der Waals surface area contributed by atoms with Crippen LogP contribution in [0.25, 0.3) is 0 Å². The van der Waals surface area contributed by atoms with Crippen molar-refractivity contribution in [2.75, 3.05) is 40.8 Å². The van der Waals surface area contributed by atoms with Gasteiger partial charge in [0.05, 0.1) is 13.7 Å². The Morgan fingerprint density at radius 3 is 2.37 bits per heavy atom. The van der Waals surface area contributed by atoms with Gasteiger partial charge in [-0.1, -0.05) is 0 Å². The maximum Gasteiger partial charge on any atom is 0.241 e. The highest BCUT2D eigenvalue weighted by Gasteiger charge is 2.26. The van der Waals surface area contributed by atoms with Gasteiger partial charge in [-0.05, 0) is 50.2 Å². The van der Waals surface area contributed by atoms with Crippen LogP contribution in [-0.2, 0) is 4.79 Å². The zero-order valence-corrected chi connectivity index (χ0v) is 16.1. The molecule has 3 rings (SSSR count). The summed E-state index contributed by atoms with van der Waals surface area (Å²) < 4.78 is 11.2. The van der Waals surface area contributed by atoms with Crippen LogP contribution < -0.4 is 9.47 Å². The summed E-state index contributed by atoms with van der Waals surface area (Å²) in [6.07, 6.45) is 5.21. The second kappa shape index (κ2) is 8.81. The fourth-order valence-electron chi connectivity index (χ4n) is 3.15. The van der Waals surface area contributed by atoms with Crippen LogP contribution in [0.2, 0.25) is 0 Å². The lowest BCUT2D eigenvalue weighted by Gasteiger charge is -2.32. The van der Waals surface area contributed by atoms with Gasteiger partial charge in [-0.15, -0.1) is 0 Å². The molecule has 0 saturated carbocycles. The maximum atomic E-state index is 11.9. The molecule has 2 heterocycles. The molecule has 0 unspecified atom stereocenters. The van der Waals surface area contributed by atoms with Crippen LogP contribution >= 0.6 is 0 Å². The monoisotopic (exact) mass is 370 g/mol. The van der Waals surface area contributed by atoms with Crippen LogP contribution in [0, 0.1) is 0 Å². The first-order valence-electron chi connectivity index (χ1n) is 9.12. The molecule has 1 amide bonds. The van der Waals surface area contributed by atoms with Crippen molar-refractivity contribution < 1.29 is 14.3 Å². The Kier molecular flexibility index (Phi) is 6.24. The third-order valence-corrected chi connectivity index (χ3v) is 4.80. The second-order valence-electron chi connectivity index (χ2n) is 6.86. The Balaban J connectivity index is 1.65. The first-order chi connectivity index (χ1) is 13.1. The van der Waals surface area contributed by atoms with Crippen molar-refractivity contribution in [2.24, 2.45) is 0 Å². The fraction of sp³-hybridized carbons (Fsp3) is 0.450. The summed E-state index contributed by atoms with van der Waals surface area (Å²) in [5.74, 6) is 2.44. The number of ether oxygens (including phenoxy) is 2. The Morgan fingerprint density at radius 2 is 1.74 bits per heavy atom. The highest BCUT2D eigenvalue weighted by Crippen LogP contribution is 2.33. The van der Waals surface area contributed by atoms with Gasteiger partial charge in [-0.3, -0.25) is 14.7 Å². The van der Waals surface area contributed by atoms with Gasteiger partial charge in [0.1, 0.15) is 17.2 Å². The molecule has 0 aliphatic carbocycles. The predicted molar refractivity (Wildman–Crippen MR) is 102 cm³/mol. The van der Waals surface area contributed by atoms with Crippen LogP contribution in [0.3, 0.4) is 0 Å². The van der Waals surface area contributed by atoms with Crippen molar-refractivity contribution in [3.05, 3.63) is 42.4 Å². The van der Waals surface area contributed by atoms with Crippen molar-refractivity contribution in [2.45, 2.75) is 18.8 Å². The van der Waals surface area contributed by atoms with Crippen molar-refractivity contribution in [1.29, 1.82) is 0 Å². The molecule has 0 bridgehead atoms. The van der Waals surface area contributed by atoms with Crippen molar-refractivity contribution in [3.8, 4) is 17.4 Å². The third kappa shape index (κ3) is 4.95. The van der Waals surface area contributed by atoms with Gasteiger partial charge in [0.15, 0.2) is 0 Å². The van der Waals surface area contributed by atoms with E-state index < -0.39 is 0 Å². The number of piperidine rings is 1. The third-order valence-electron chi connectivity index (χ3n) is 4.80. The molecule has 1 aromatic heterocycles. The van der Waals surface area contributed by atoms with Crippen molar-refractivity contribution >= 4 is 5.91 Å². The first-order valence-corrected chi connectivity index (χ1v) is 9.12. The van der Waals surface area contributed by atoms with Crippen LogP contribution in [-0.4, -0.2) is 66.5 Å². The summed E-state index contributed by atoms with van der Waals surface area (Å²) in [6.45, 7) is 2.20. The van der Waals surface area contributed by atoms with Gasteiger partial charge in [-0.2, -0.15) is 0 Å². The number of hydrogen-bond acceptors (Lipinski definition) is 6. The normalized spacial score (nSPS) is 15.4. The molecular weight excluding hydrogens is 344 g/mol. The lowest BCUT2D eigenvalue weighted by atomic mass is 9.93. The topological polar surface area (TPSA) is 67.8 Å². The number of carbonyl (C=O) groups is 1. The van der Waals surface area contributed by atoms with Crippen molar-refractivity contribution in [3.63, 3.8) is 0 Å². The fourth-order valence-corrected chi connectivity index (χ4v) is 3.15. The molecule has 0 spiro atoms. The zero-order chi connectivity index (χ0) is 19.2. The number of carbonyl (C=O) groups excluding carboxylic acids is 1. The molecule has 7 heteroatoms. The number of nitrogens with zero attached hydrogens (tertiary/aromatic N) is 4. The molecular formula is C20H26N4O3. The molecule has 7 nitrogen and oxygen atoms in total. The highest BCUT2D eigenvalue weighted by molar-refractivity contribution is 5.77. The molecule has 1 aliphatic heterocycles. The minimum Gasteiger partial charge on any atom is -0.497 e. The van der Waals surface area contributed by atoms with Gasteiger partial charge in [-0.25, -0.2) is 4.98 Å². The number of rotatable bonds is 6. The van der Waals surface area contributed by atoms with E-state index in [1.807, 2.05) is 24.3 Å². The van der Waals surface area contributed by atoms with Crippen LogP contribution in [0.5, 0.6) is 17.4 Å². The average molecular weight is 370 g/mol. The molecule has 2 aromatic rings. The molecule has 0 N–H and O–H groups in total. The van der Waals surface area contributed by atoms with Crippen LogP contribution in [0.1, 0.15) is 24.5 Å². The van der Waals surface area contributed by atoms with E-state index in [0.29, 0.717) is 18.2 Å². The predicted octanol–water partition coefficient (Wildman–Crippen LogP) is 2.55. The first kappa shape index (κ1) is 19.1. The van der Waals surface area contributed by atoms with Gasteiger partial charge in [0, 0.05) is 32.4 Å².